The van der Waals surface area contributed by atoms with E-state index in [2.05, 4.69) is 31.0 Å². The molecule has 222 valence electrons. The Morgan fingerprint density at radius 1 is 1.16 bits per heavy atom. The first kappa shape index (κ1) is 28.0. The minimum atomic E-state index is -1.37. The monoisotopic (exact) mass is 587 g/mol. The number of likely N-dealkylation sites (tertiary alicyclic amines) is 1. The average Bonchev–Trinajstić information content (AvgIpc) is 3.63. The molecule has 0 aliphatic carbocycles. The van der Waals surface area contributed by atoms with Crippen LogP contribution in [0, 0.1) is 5.92 Å². The predicted octanol–water partition coefficient (Wildman–Crippen LogP) is 2.82. The number of fused-ring (bicyclic) bond motifs is 2. The van der Waals surface area contributed by atoms with Crippen LogP contribution in [-0.2, 0) is 34.4 Å². The van der Waals surface area contributed by atoms with Crippen LogP contribution in [0.1, 0.15) is 36.2 Å². The van der Waals surface area contributed by atoms with Crippen LogP contribution >= 0.6 is 0 Å². The van der Waals surface area contributed by atoms with E-state index in [1.807, 2.05) is 0 Å². The molecular formula is C29H30FN9O4. The molecule has 2 aliphatic rings. The van der Waals surface area contributed by atoms with Crippen LogP contribution < -0.4 is 16.0 Å². The topological polar surface area (TPSA) is 156 Å². The average molecular weight is 588 g/mol. The van der Waals surface area contributed by atoms with Crippen LogP contribution in [-0.4, -0.2) is 71.5 Å². The predicted molar refractivity (Wildman–Crippen MR) is 156 cm³/mol. The molecule has 3 aromatic heterocycles. The van der Waals surface area contributed by atoms with Crippen molar-refractivity contribution in [2.24, 2.45) is 13.0 Å². The number of rotatable bonds is 7. The lowest BCUT2D eigenvalue weighted by atomic mass is 9.98. The van der Waals surface area contributed by atoms with E-state index in [4.69, 9.17) is 0 Å². The van der Waals surface area contributed by atoms with Gasteiger partial charge in [0, 0.05) is 53.3 Å². The normalized spacial score (nSPS) is 19.7. The SMILES string of the molecule is CC(=O)c1cn(CC(=O)N2CC(F)CC2C(=O)Nc2nn(C)c3c2CC(C)C(=O)N3)c2ccc(Nc3cncnc3)cc12. The number of alkyl halides is 1. The highest BCUT2D eigenvalue weighted by molar-refractivity contribution is 6.08. The first-order valence-electron chi connectivity index (χ1n) is 13.9. The quantitative estimate of drug-likeness (QED) is 0.279. The van der Waals surface area contributed by atoms with E-state index in [0.717, 1.165) is 0 Å². The van der Waals surface area contributed by atoms with E-state index in [1.165, 1.54) is 22.8 Å². The number of Topliss-reactive ketones (excluding diaryl/α,β-unsaturated/α-hetero) is 1. The molecule has 1 fully saturated rings. The van der Waals surface area contributed by atoms with Crippen molar-refractivity contribution in [2.75, 3.05) is 22.5 Å². The van der Waals surface area contributed by atoms with Gasteiger partial charge in [-0.15, -0.1) is 0 Å². The largest absolute Gasteiger partial charge is 0.353 e. The molecule has 2 aliphatic heterocycles. The molecule has 0 spiro atoms. The van der Waals surface area contributed by atoms with Crippen molar-refractivity contribution in [3.8, 4) is 0 Å². The molecule has 4 aromatic rings. The van der Waals surface area contributed by atoms with Gasteiger partial charge in [0.15, 0.2) is 11.6 Å². The molecule has 13 nitrogen and oxygen atoms in total. The summed E-state index contributed by atoms with van der Waals surface area (Å²) in [4.78, 5) is 60.8. The molecule has 0 bridgehead atoms. The Hall–Kier alpha value is -5.14. The number of halogens is 1. The van der Waals surface area contributed by atoms with Gasteiger partial charge >= 0.3 is 0 Å². The summed E-state index contributed by atoms with van der Waals surface area (Å²) in [6.45, 7) is 2.81. The third-order valence-corrected chi connectivity index (χ3v) is 7.87. The Morgan fingerprint density at radius 3 is 2.67 bits per heavy atom. The summed E-state index contributed by atoms with van der Waals surface area (Å²) in [6, 6.07) is 4.35. The standard InChI is InChI=1S/C29H30FN9O4/c1-15-6-21-26(36-37(3)27(21)35-28(15)42)34-29(43)24-7-17(30)11-39(24)25(41)13-38-12-22(16(2)40)20-8-18(4-5-23(20)38)33-19-9-31-14-32-10-19/h4-5,8-10,12,14-15,17,24,33H,6-7,11,13H2,1-3H3,(H,35,42)(H,34,36,43). The molecular weight excluding hydrogens is 557 g/mol. The van der Waals surface area contributed by atoms with Gasteiger partial charge in [0.1, 0.15) is 30.9 Å². The highest BCUT2D eigenvalue weighted by Crippen LogP contribution is 2.32. The molecule has 3 amide bonds. The van der Waals surface area contributed by atoms with E-state index in [-0.39, 0.29) is 42.9 Å². The van der Waals surface area contributed by atoms with E-state index in [9.17, 15) is 23.6 Å². The fraction of sp³-hybridized carbons (Fsp3) is 0.345. The Balaban J connectivity index is 1.22. The Labute approximate surface area is 245 Å². The van der Waals surface area contributed by atoms with Crippen LogP contribution in [0.3, 0.4) is 0 Å². The number of ketones is 1. The maximum atomic E-state index is 14.7. The van der Waals surface area contributed by atoms with Crippen molar-refractivity contribution in [3.63, 3.8) is 0 Å². The second kappa shape index (κ2) is 10.9. The molecule has 43 heavy (non-hydrogen) atoms. The van der Waals surface area contributed by atoms with Gasteiger partial charge in [0.2, 0.25) is 17.7 Å². The molecule has 3 atom stereocenters. The van der Waals surface area contributed by atoms with Crippen LogP contribution in [0.15, 0.2) is 43.1 Å². The van der Waals surface area contributed by atoms with Crippen molar-refractivity contribution < 1.29 is 23.6 Å². The van der Waals surface area contributed by atoms with E-state index < -0.39 is 24.0 Å². The second-order valence-electron chi connectivity index (χ2n) is 11.0. The third kappa shape index (κ3) is 5.31. The summed E-state index contributed by atoms with van der Waals surface area (Å²) in [6.07, 6.45) is 5.13. The lowest BCUT2D eigenvalue weighted by Crippen LogP contribution is -2.44. The summed E-state index contributed by atoms with van der Waals surface area (Å²) in [5.41, 5.74) is 3.12. The number of aryl methyl sites for hydroxylation is 1. The number of amides is 3. The van der Waals surface area contributed by atoms with Gasteiger partial charge in [0.05, 0.1) is 24.6 Å². The number of anilines is 4. The van der Waals surface area contributed by atoms with Gasteiger partial charge < -0.3 is 25.4 Å². The second-order valence-corrected chi connectivity index (χ2v) is 11.0. The van der Waals surface area contributed by atoms with Crippen molar-refractivity contribution in [1.82, 2.24) is 29.2 Å². The summed E-state index contributed by atoms with van der Waals surface area (Å²) in [5.74, 6) is -0.855. The summed E-state index contributed by atoms with van der Waals surface area (Å²) in [7, 11) is 1.65. The molecule has 0 radical (unpaired) electrons. The van der Waals surface area contributed by atoms with Crippen LogP contribution in [0.5, 0.6) is 0 Å². The molecule has 1 aromatic carbocycles. The van der Waals surface area contributed by atoms with Gasteiger partial charge in [-0.3, -0.25) is 23.9 Å². The number of hydrogen-bond donors (Lipinski definition) is 3. The van der Waals surface area contributed by atoms with E-state index in [0.29, 0.717) is 45.6 Å². The fourth-order valence-corrected chi connectivity index (χ4v) is 5.72. The van der Waals surface area contributed by atoms with Gasteiger partial charge in [-0.2, -0.15) is 5.10 Å². The van der Waals surface area contributed by atoms with Gasteiger partial charge in [-0.25, -0.2) is 14.4 Å². The van der Waals surface area contributed by atoms with Crippen molar-refractivity contribution in [2.45, 2.75) is 45.4 Å². The fourth-order valence-electron chi connectivity index (χ4n) is 5.72. The minimum Gasteiger partial charge on any atom is -0.353 e. The van der Waals surface area contributed by atoms with Crippen LogP contribution in [0.25, 0.3) is 10.9 Å². The van der Waals surface area contributed by atoms with Crippen molar-refractivity contribution in [3.05, 3.63) is 54.2 Å². The first-order chi connectivity index (χ1) is 20.6. The van der Waals surface area contributed by atoms with E-state index in [1.54, 1.807) is 55.3 Å². The lowest BCUT2D eigenvalue weighted by molar-refractivity contribution is -0.137. The Bertz CT molecular complexity index is 1770. The third-order valence-electron chi connectivity index (χ3n) is 7.87. The van der Waals surface area contributed by atoms with Crippen LogP contribution in [0.4, 0.5) is 27.4 Å². The van der Waals surface area contributed by atoms with Crippen molar-refractivity contribution >= 4 is 57.4 Å². The Morgan fingerprint density at radius 2 is 1.93 bits per heavy atom. The molecule has 5 heterocycles. The number of benzene rings is 1. The first-order valence-corrected chi connectivity index (χ1v) is 13.9. The number of aromatic nitrogens is 5. The molecule has 0 saturated carbocycles. The smallest absolute Gasteiger partial charge is 0.248 e. The number of carbonyl (C=O) groups excluding carboxylic acids is 4. The molecule has 3 N–H and O–H groups in total. The number of nitrogens with one attached hydrogen (secondary N) is 3. The number of nitrogens with zero attached hydrogens (tertiary/aromatic N) is 6. The number of carbonyl (C=O) groups is 4. The lowest BCUT2D eigenvalue weighted by Gasteiger charge is -2.24. The maximum absolute atomic E-state index is 14.7. The minimum absolute atomic E-state index is 0.134. The Kier molecular flexibility index (Phi) is 7.12. The van der Waals surface area contributed by atoms with Crippen LogP contribution in [0.2, 0.25) is 0 Å². The van der Waals surface area contributed by atoms with Gasteiger partial charge in [-0.05, 0) is 31.5 Å². The zero-order valence-electron chi connectivity index (χ0n) is 23.8. The van der Waals surface area contributed by atoms with E-state index >= 15 is 0 Å². The molecule has 14 heteroatoms. The van der Waals surface area contributed by atoms with Crippen molar-refractivity contribution in [1.29, 1.82) is 0 Å². The summed E-state index contributed by atoms with van der Waals surface area (Å²) >= 11 is 0. The highest BCUT2D eigenvalue weighted by Gasteiger charge is 2.41. The molecule has 1 saturated heterocycles. The maximum Gasteiger partial charge on any atom is 0.248 e. The highest BCUT2D eigenvalue weighted by atomic mass is 19.1. The van der Waals surface area contributed by atoms with Gasteiger partial charge in [-0.1, -0.05) is 6.92 Å². The zero-order chi connectivity index (χ0) is 30.4. The number of hydrogen-bond acceptors (Lipinski definition) is 8. The summed E-state index contributed by atoms with van der Waals surface area (Å²) < 4.78 is 17.8. The molecule has 3 unspecified atom stereocenters. The molecule has 6 rings (SSSR count). The zero-order valence-corrected chi connectivity index (χ0v) is 23.8. The summed E-state index contributed by atoms with van der Waals surface area (Å²) in [5, 5.41) is 13.7. The van der Waals surface area contributed by atoms with Gasteiger partial charge in [0.25, 0.3) is 0 Å².